The number of unbranched alkanes of at least 4 members (excludes halogenated alkanes) is 1. The summed E-state index contributed by atoms with van der Waals surface area (Å²) in [5, 5.41) is 14.4. The molecule has 8 amide bonds. The summed E-state index contributed by atoms with van der Waals surface area (Å²) in [6, 6.07) is 12.5. The van der Waals surface area contributed by atoms with E-state index in [1.54, 1.807) is 58.9 Å². The van der Waals surface area contributed by atoms with Crippen LogP contribution in [0.3, 0.4) is 0 Å². The molecular formula is C50H66N10O11. The normalized spacial score (nSPS) is 13.3. The number of benzene rings is 2. The molecule has 0 unspecified atom stereocenters. The van der Waals surface area contributed by atoms with Gasteiger partial charge in [0.25, 0.3) is 11.8 Å². The van der Waals surface area contributed by atoms with Crippen LogP contribution in [-0.2, 0) is 57.8 Å². The summed E-state index contributed by atoms with van der Waals surface area (Å²) in [5.41, 5.74) is 7.54. The monoisotopic (exact) mass is 982 g/mol. The maximum Gasteiger partial charge on any atom is 0.413 e. The Morgan fingerprint density at radius 1 is 0.831 bits per heavy atom. The van der Waals surface area contributed by atoms with Crippen LogP contribution in [0.5, 0.6) is 0 Å². The number of hydrogen-bond acceptors (Lipinski definition) is 13. The molecule has 3 heterocycles. The number of urea groups is 1. The van der Waals surface area contributed by atoms with Gasteiger partial charge >= 0.3 is 18.2 Å². The van der Waals surface area contributed by atoms with Gasteiger partial charge in [0, 0.05) is 74.6 Å². The molecule has 0 saturated heterocycles. The summed E-state index contributed by atoms with van der Waals surface area (Å²) in [6.45, 7) is 12.2. The van der Waals surface area contributed by atoms with Crippen LogP contribution in [0.2, 0.25) is 0 Å². The lowest BCUT2D eigenvalue weighted by atomic mass is 9.89. The summed E-state index contributed by atoms with van der Waals surface area (Å²) >= 11 is 0. The fourth-order valence-electron chi connectivity index (χ4n) is 7.73. The van der Waals surface area contributed by atoms with Crippen molar-refractivity contribution in [3.8, 4) is 0 Å². The third-order valence-electron chi connectivity index (χ3n) is 11.2. The van der Waals surface area contributed by atoms with Crippen molar-refractivity contribution in [1.29, 1.82) is 0 Å². The quantitative estimate of drug-likeness (QED) is 0.0329. The van der Waals surface area contributed by atoms with Crippen molar-refractivity contribution in [2.45, 2.75) is 111 Å². The van der Waals surface area contributed by atoms with Gasteiger partial charge in [-0.15, -0.1) is 0 Å². The highest BCUT2D eigenvalue weighted by atomic mass is 16.6. The molecule has 1 aliphatic heterocycles. The number of amides is 8. The topological polar surface area (TPSA) is 284 Å². The largest absolute Gasteiger partial charge is 0.444 e. The number of pyridine rings is 1. The molecule has 0 bridgehead atoms. The average molecular weight is 983 g/mol. The van der Waals surface area contributed by atoms with Gasteiger partial charge in [-0.25, -0.2) is 24.4 Å². The Balaban J connectivity index is 1.21. The van der Waals surface area contributed by atoms with E-state index in [0.717, 1.165) is 46.6 Å². The first-order chi connectivity index (χ1) is 33.8. The van der Waals surface area contributed by atoms with E-state index in [9.17, 15) is 38.4 Å². The Hall–Kier alpha value is -7.42. The highest BCUT2D eigenvalue weighted by Crippen LogP contribution is 2.31. The van der Waals surface area contributed by atoms with Gasteiger partial charge in [0.05, 0.1) is 30.3 Å². The molecule has 7 N–H and O–H groups in total. The highest BCUT2D eigenvalue weighted by Gasteiger charge is 2.31. The van der Waals surface area contributed by atoms with E-state index in [1.807, 2.05) is 24.3 Å². The molecule has 5 rings (SSSR count). The number of ketones is 1. The summed E-state index contributed by atoms with van der Waals surface area (Å²) in [4.78, 5) is 111. The van der Waals surface area contributed by atoms with Crippen molar-refractivity contribution in [2.24, 2.45) is 17.6 Å². The maximum absolute atomic E-state index is 13.7. The number of ether oxygens (including phenoxy) is 3. The smallest absolute Gasteiger partial charge is 0.413 e. The second kappa shape index (κ2) is 26.0. The molecule has 2 aromatic heterocycles. The minimum absolute atomic E-state index is 0.124. The van der Waals surface area contributed by atoms with Crippen LogP contribution in [0, 0.1) is 11.8 Å². The molecule has 21 heteroatoms. The number of imide groups is 1. The van der Waals surface area contributed by atoms with Crippen LogP contribution in [-0.4, -0.2) is 112 Å². The molecule has 1 aliphatic rings. The molecule has 71 heavy (non-hydrogen) atoms. The number of para-hydroxylation sites is 1. The predicted octanol–water partition coefficient (Wildman–Crippen LogP) is 5.64. The molecule has 0 saturated carbocycles. The van der Waals surface area contributed by atoms with E-state index in [2.05, 4.69) is 38.1 Å². The number of fused-ring (bicyclic) bond motifs is 3. The molecular weight excluding hydrogens is 917 g/mol. The van der Waals surface area contributed by atoms with Gasteiger partial charge in [-0.05, 0) is 69.7 Å². The van der Waals surface area contributed by atoms with Gasteiger partial charge < -0.3 is 45.8 Å². The van der Waals surface area contributed by atoms with Crippen LogP contribution in [0.15, 0.2) is 60.7 Å². The fourth-order valence-corrected chi connectivity index (χ4v) is 7.73. The number of nitrogens with one attached hydrogen (secondary N) is 5. The Bertz CT molecular complexity index is 2570. The number of nitrogens with zero attached hydrogens (tertiary/aromatic N) is 4. The maximum atomic E-state index is 13.7. The van der Waals surface area contributed by atoms with Crippen LogP contribution < -0.4 is 32.3 Å². The van der Waals surface area contributed by atoms with Crippen LogP contribution >= 0.6 is 0 Å². The van der Waals surface area contributed by atoms with E-state index in [4.69, 9.17) is 29.9 Å². The minimum atomic E-state index is -0.955. The number of primary amides is 1. The van der Waals surface area contributed by atoms with E-state index < -0.39 is 65.2 Å². The summed E-state index contributed by atoms with van der Waals surface area (Å²) in [7, 11) is 0. The molecule has 2 aromatic carbocycles. The number of rotatable bonds is 26. The number of alkyl carbamates (subject to hydrolysis) is 1. The average Bonchev–Trinajstić information content (AvgIpc) is 3.85. The lowest BCUT2D eigenvalue weighted by Gasteiger charge is -2.24. The third-order valence-corrected chi connectivity index (χ3v) is 11.2. The number of carbonyl (C=O) groups is 8. The SMILES string of the molecule is CCCCc1nc2c(NC(=O)OCc3ccc(NC(=O)[C@@H](CCCNC(N)=O)CC(=O)[C@H](NC(=O)CCN4C(=O)C=CC4=O)C(C)C)cc3)nc3ccccc3c2n1CCOCCNC(=O)OC(C)(C)C. The standard InChI is InChI=1S/C50H66N10O11/c1-7-8-15-38-56-43-44(59(38)26-28-69-27-24-53-48(67)71-50(4,5)6)35-13-9-10-14-36(35)55-45(43)58-49(68)70-30-32-16-18-34(19-17-32)54-46(65)33(12-11-23-52-47(51)66)29-37(61)42(31(2)3)57-39(62)22-25-60-40(63)20-21-41(60)64/h9-10,13-14,16-21,31,33,42H,7-8,11-12,15,22-30H2,1-6H3,(H,53,67)(H,54,65)(H,57,62)(H3,51,52,66)(H,55,58,68)/t33-,42+/m0/s1. The van der Waals surface area contributed by atoms with E-state index in [-0.39, 0.29) is 63.8 Å². The Morgan fingerprint density at radius 2 is 1.55 bits per heavy atom. The molecule has 382 valence electrons. The molecule has 2 atom stereocenters. The number of aryl methyl sites for hydroxylation is 1. The van der Waals surface area contributed by atoms with Crippen LogP contribution in [0.25, 0.3) is 21.9 Å². The van der Waals surface area contributed by atoms with E-state index >= 15 is 0 Å². The zero-order chi connectivity index (χ0) is 51.7. The number of Topliss-reactive ketones (excluding diaryl/α,β-unsaturated/α-hetero) is 1. The van der Waals surface area contributed by atoms with Crippen molar-refractivity contribution in [3.05, 3.63) is 72.1 Å². The summed E-state index contributed by atoms with van der Waals surface area (Å²) < 4.78 is 18.9. The summed E-state index contributed by atoms with van der Waals surface area (Å²) in [5.74, 6) is -2.61. The first kappa shape index (κ1) is 54.5. The van der Waals surface area contributed by atoms with Gasteiger partial charge in [-0.3, -0.25) is 34.2 Å². The zero-order valence-electron chi connectivity index (χ0n) is 41.3. The van der Waals surface area contributed by atoms with Crippen molar-refractivity contribution >= 4 is 81.1 Å². The van der Waals surface area contributed by atoms with Gasteiger partial charge in [0.15, 0.2) is 11.6 Å². The number of aromatic nitrogens is 3. The second-order valence-corrected chi connectivity index (χ2v) is 18.4. The van der Waals surface area contributed by atoms with Gasteiger partial charge in [0.1, 0.15) is 23.5 Å². The van der Waals surface area contributed by atoms with E-state index in [1.165, 1.54) is 0 Å². The Labute approximate surface area is 412 Å². The number of hydrogen-bond donors (Lipinski definition) is 6. The van der Waals surface area contributed by atoms with Crippen molar-refractivity contribution in [3.63, 3.8) is 0 Å². The van der Waals surface area contributed by atoms with Crippen molar-refractivity contribution < 1.29 is 52.6 Å². The van der Waals surface area contributed by atoms with Crippen molar-refractivity contribution in [1.82, 2.24) is 35.4 Å². The summed E-state index contributed by atoms with van der Waals surface area (Å²) in [6.07, 6.45) is 3.56. The molecule has 0 fully saturated rings. The number of carbonyl (C=O) groups excluding carboxylic acids is 8. The van der Waals surface area contributed by atoms with Gasteiger partial charge in [-0.1, -0.05) is 57.5 Å². The number of nitrogens with two attached hydrogens (primary N) is 1. The van der Waals surface area contributed by atoms with E-state index in [0.29, 0.717) is 48.3 Å². The first-order valence-electron chi connectivity index (χ1n) is 23.9. The first-order valence-corrected chi connectivity index (χ1v) is 23.9. The minimum Gasteiger partial charge on any atom is -0.444 e. The molecule has 0 spiro atoms. The highest BCUT2D eigenvalue weighted by molar-refractivity contribution is 6.13. The number of imidazole rings is 1. The van der Waals surface area contributed by atoms with Gasteiger partial charge in [-0.2, -0.15) is 0 Å². The molecule has 21 nitrogen and oxygen atoms in total. The van der Waals surface area contributed by atoms with Crippen LogP contribution in [0.4, 0.5) is 25.9 Å². The van der Waals surface area contributed by atoms with Crippen molar-refractivity contribution in [2.75, 3.05) is 43.5 Å². The van der Waals surface area contributed by atoms with Crippen LogP contribution in [0.1, 0.15) is 91.5 Å². The predicted molar refractivity (Wildman–Crippen MR) is 265 cm³/mol. The Morgan fingerprint density at radius 3 is 2.23 bits per heavy atom. The third kappa shape index (κ3) is 16.6. The molecule has 4 aromatic rings. The molecule has 0 aliphatic carbocycles. The second-order valence-electron chi connectivity index (χ2n) is 18.4. The Kier molecular flexibility index (Phi) is 19.9. The zero-order valence-corrected chi connectivity index (χ0v) is 41.3. The fraction of sp³-hybridized carbons (Fsp3) is 0.480. The lowest BCUT2D eigenvalue weighted by Crippen LogP contribution is -2.46. The molecule has 0 radical (unpaired) electrons. The number of anilines is 2. The van der Waals surface area contributed by atoms with Gasteiger partial charge in [0.2, 0.25) is 11.8 Å². The lowest BCUT2D eigenvalue weighted by molar-refractivity contribution is -0.137.